The maximum absolute atomic E-state index is 13.3. The lowest BCUT2D eigenvalue weighted by atomic mass is 10.2. The highest BCUT2D eigenvalue weighted by atomic mass is 32.2. The molecule has 0 spiro atoms. The van der Waals surface area contributed by atoms with Gasteiger partial charge < -0.3 is 5.32 Å². The largest absolute Gasteiger partial charge is 0.325 e. The van der Waals surface area contributed by atoms with E-state index in [2.05, 4.69) is 5.32 Å². The second kappa shape index (κ2) is 9.46. The number of rotatable bonds is 6. The molecule has 160 valence electrons. The third-order valence-electron chi connectivity index (χ3n) is 4.98. The first-order valence-corrected chi connectivity index (χ1v) is 11.0. The third-order valence-corrected chi connectivity index (χ3v) is 6.54. The number of amides is 1. The van der Waals surface area contributed by atoms with Gasteiger partial charge in [0, 0.05) is 43.3 Å². The Kier molecular flexibility index (Phi) is 6.96. The van der Waals surface area contributed by atoms with Gasteiger partial charge in [0.05, 0.1) is 6.04 Å². The summed E-state index contributed by atoms with van der Waals surface area (Å²) >= 11 is 0. The Morgan fingerprint density at radius 3 is 2.33 bits per heavy atom. The van der Waals surface area contributed by atoms with Crippen LogP contribution in [0, 0.1) is 11.6 Å². The van der Waals surface area contributed by atoms with Crippen molar-refractivity contribution in [1.29, 1.82) is 0 Å². The summed E-state index contributed by atoms with van der Waals surface area (Å²) < 4.78 is 52.8. The molecule has 3 rings (SSSR count). The molecule has 2 aromatic carbocycles. The molecular formula is C21H23F2N3O3S. The Balaban J connectivity index is 1.55. The second-order valence-corrected chi connectivity index (χ2v) is 8.81. The van der Waals surface area contributed by atoms with E-state index >= 15 is 0 Å². The predicted molar refractivity (Wildman–Crippen MR) is 112 cm³/mol. The zero-order valence-corrected chi connectivity index (χ0v) is 17.3. The van der Waals surface area contributed by atoms with Crippen LogP contribution in [-0.2, 0) is 14.8 Å². The number of hydrogen-bond acceptors (Lipinski definition) is 4. The quantitative estimate of drug-likeness (QED) is 0.758. The lowest BCUT2D eigenvalue weighted by Gasteiger charge is -2.36. The zero-order chi connectivity index (χ0) is 21.7. The summed E-state index contributed by atoms with van der Waals surface area (Å²) in [6.07, 6.45) is 1.56. The summed E-state index contributed by atoms with van der Waals surface area (Å²) in [6, 6.07) is 11.8. The van der Waals surface area contributed by atoms with Gasteiger partial charge in [-0.3, -0.25) is 9.69 Å². The maximum atomic E-state index is 13.3. The van der Waals surface area contributed by atoms with Gasteiger partial charge in [-0.15, -0.1) is 0 Å². The van der Waals surface area contributed by atoms with E-state index in [0.717, 1.165) is 17.7 Å². The number of piperazine rings is 1. The fourth-order valence-corrected chi connectivity index (χ4v) is 4.32. The summed E-state index contributed by atoms with van der Waals surface area (Å²) in [5.74, 6) is -2.40. The number of benzene rings is 2. The highest BCUT2D eigenvalue weighted by Gasteiger charge is 2.29. The summed E-state index contributed by atoms with van der Waals surface area (Å²) in [6.45, 7) is 2.96. The van der Waals surface area contributed by atoms with E-state index in [-0.39, 0.29) is 24.7 Å². The normalized spacial score (nSPS) is 17.2. The molecule has 1 heterocycles. The van der Waals surface area contributed by atoms with Crippen LogP contribution in [0.15, 0.2) is 53.9 Å². The lowest BCUT2D eigenvalue weighted by molar-refractivity contribution is -0.121. The van der Waals surface area contributed by atoms with Crippen molar-refractivity contribution >= 4 is 27.7 Å². The van der Waals surface area contributed by atoms with E-state index in [1.165, 1.54) is 15.8 Å². The van der Waals surface area contributed by atoms with Gasteiger partial charge in [0.15, 0.2) is 11.6 Å². The van der Waals surface area contributed by atoms with Crippen LogP contribution in [0.1, 0.15) is 12.5 Å². The molecule has 1 N–H and O–H groups in total. The summed E-state index contributed by atoms with van der Waals surface area (Å²) in [5.41, 5.74) is 0.959. The Bertz CT molecular complexity index is 1020. The van der Waals surface area contributed by atoms with E-state index in [0.29, 0.717) is 13.1 Å². The van der Waals surface area contributed by atoms with E-state index < -0.39 is 27.7 Å². The zero-order valence-electron chi connectivity index (χ0n) is 16.5. The van der Waals surface area contributed by atoms with Crippen LogP contribution in [0.5, 0.6) is 0 Å². The van der Waals surface area contributed by atoms with Gasteiger partial charge in [-0.1, -0.05) is 30.3 Å². The van der Waals surface area contributed by atoms with Gasteiger partial charge in [-0.25, -0.2) is 17.2 Å². The van der Waals surface area contributed by atoms with Crippen LogP contribution in [0.3, 0.4) is 0 Å². The molecule has 1 amide bonds. The molecular weight excluding hydrogens is 412 g/mol. The van der Waals surface area contributed by atoms with Crippen LogP contribution in [-0.4, -0.2) is 55.8 Å². The summed E-state index contributed by atoms with van der Waals surface area (Å²) in [5, 5.41) is 3.75. The highest BCUT2D eigenvalue weighted by Crippen LogP contribution is 2.16. The molecule has 1 unspecified atom stereocenters. The van der Waals surface area contributed by atoms with Crippen molar-refractivity contribution in [2.24, 2.45) is 0 Å². The van der Waals surface area contributed by atoms with Crippen LogP contribution in [0.2, 0.25) is 0 Å². The minimum absolute atomic E-state index is 0.165. The van der Waals surface area contributed by atoms with Crippen LogP contribution < -0.4 is 5.32 Å². The topological polar surface area (TPSA) is 69.7 Å². The highest BCUT2D eigenvalue weighted by molar-refractivity contribution is 7.92. The van der Waals surface area contributed by atoms with Crippen molar-refractivity contribution in [2.75, 3.05) is 31.5 Å². The fourth-order valence-electron chi connectivity index (χ4n) is 3.15. The van der Waals surface area contributed by atoms with Gasteiger partial charge in [0.2, 0.25) is 15.9 Å². The molecule has 0 aliphatic carbocycles. The summed E-state index contributed by atoms with van der Waals surface area (Å²) in [7, 11) is -3.56. The molecule has 1 saturated heterocycles. The first kappa shape index (κ1) is 22.1. The number of sulfonamides is 1. The van der Waals surface area contributed by atoms with Crippen molar-refractivity contribution < 1.29 is 22.0 Å². The number of carbonyl (C=O) groups excluding carboxylic acids is 1. The first-order valence-electron chi connectivity index (χ1n) is 9.49. The van der Waals surface area contributed by atoms with Crippen LogP contribution in [0.4, 0.5) is 14.5 Å². The van der Waals surface area contributed by atoms with Crippen molar-refractivity contribution in [3.05, 3.63) is 71.1 Å². The van der Waals surface area contributed by atoms with Crippen LogP contribution in [0.25, 0.3) is 6.08 Å². The molecule has 1 atom stereocenters. The molecule has 0 aromatic heterocycles. The van der Waals surface area contributed by atoms with E-state index in [4.69, 9.17) is 0 Å². The average Bonchev–Trinajstić information content (AvgIpc) is 2.75. The van der Waals surface area contributed by atoms with Gasteiger partial charge in [-0.2, -0.15) is 4.31 Å². The maximum Gasteiger partial charge on any atom is 0.241 e. The monoisotopic (exact) mass is 435 g/mol. The van der Waals surface area contributed by atoms with E-state index in [1.54, 1.807) is 13.0 Å². The molecule has 9 heteroatoms. The summed E-state index contributed by atoms with van der Waals surface area (Å²) in [4.78, 5) is 14.3. The van der Waals surface area contributed by atoms with E-state index in [1.807, 2.05) is 35.2 Å². The van der Waals surface area contributed by atoms with Crippen LogP contribution >= 0.6 is 0 Å². The number of nitrogens with zero attached hydrogens (tertiary/aromatic N) is 2. The number of nitrogens with one attached hydrogen (secondary N) is 1. The molecule has 0 radical (unpaired) electrons. The molecule has 6 nitrogen and oxygen atoms in total. The number of anilines is 1. The number of carbonyl (C=O) groups is 1. The Hall–Kier alpha value is -2.62. The SMILES string of the molecule is CC(C(=O)Nc1ccc(F)c(F)c1)N1CCN(S(=O)(=O)/C=C/c2ccccc2)CC1. The first-order chi connectivity index (χ1) is 14.3. The number of halogens is 2. The van der Waals surface area contributed by atoms with Gasteiger partial charge in [0.25, 0.3) is 0 Å². The van der Waals surface area contributed by atoms with Gasteiger partial charge in [-0.05, 0) is 30.7 Å². The van der Waals surface area contributed by atoms with Crippen molar-refractivity contribution in [3.63, 3.8) is 0 Å². The number of hydrogen-bond donors (Lipinski definition) is 1. The van der Waals surface area contributed by atoms with Gasteiger partial charge in [0.1, 0.15) is 0 Å². The lowest BCUT2D eigenvalue weighted by Crippen LogP contribution is -2.53. The van der Waals surface area contributed by atoms with Gasteiger partial charge >= 0.3 is 0 Å². The Morgan fingerprint density at radius 1 is 1.03 bits per heavy atom. The minimum atomic E-state index is -3.56. The molecule has 0 bridgehead atoms. The molecule has 2 aromatic rings. The smallest absolute Gasteiger partial charge is 0.241 e. The van der Waals surface area contributed by atoms with Crippen molar-refractivity contribution in [1.82, 2.24) is 9.21 Å². The Labute approximate surface area is 174 Å². The molecule has 1 fully saturated rings. The second-order valence-electron chi connectivity index (χ2n) is 6.99. The minimum Gasteiger partial charge on any atom is -0.325 e. The molecule has 1 aliphatic heterocycles. The Morgan fingerprint density at radius 2 is 1.70 bits per heavy atom. The molecule has 30 heavy (non-hydrogen) atoms. The van der Waals surface area contributed by atoms with E-state index in [9.17, 15) is 22.0 Å². The van der Waals surface area contributed by atoms with Crippen molar-refractivity contribution in [3.8, 4) is 0 Å². The molecule has 0 saturated carbocycles. The predicted octanol–water partition coefficient (Wildman–Crippen LogP) is 2.91. The molecule has 1 aliphatic rings. The standard InChI is InChI=1S/C21H23F2N3O3S/c1-16(21(27)24-18-7-8-19(22)20(23)15-18)25-10-12-26(13-11-25)30(28,29)14-9-17-5-3-2-4-6-17/h2-9,14-16H,10-13H2,1H3,(H,24,27)/b14-9+. The average molecular weight is 435 g/mol. The third kappa shape index (κ3) is 5.50. The fraction of sp³-hybridized carbons (Fsp3) is 0.286. The van der Waals surface area contributed by atoms with Crippen molar-refractivity contribution in [2.45, 2.75) is 13.0 Å².